The minimum atomic E-state index is 0.503. The van der Waals surface area contributed by atoms with Gasteiger partial charge in [0.15, 0.2) is 11.6 Å². The lowest BCUT2D eigenvalue weighted by Gasteiger charge is -2.37. The first kappa shape index (κ1) is 16.3. The van der Waals surface area contributed by atoms with Crippen LogP contribution in [0.25, 0.3) is 0 Å². The van der Waals surface area contributed by atoms with Gasteiger partial charge in [0.05, 0.1) is 0 Å². The number of nitrogens with zero attached hydrogens (tertiary/aromatic N) is 6. The monoisotopic (exact) mass is 319 g/mol. The van der Waals surface area contributed by atoms with Crippen LogP contribution in [0.1, 0.15) is 12.8 Å². The van der Waals surface area contributed by atoms with E-state index in [9.17, 15) is 0 Å². The molecule has 0 saturated carbocycles. The Morgan fingerprint density at radius 3 is 2.26 bits per heavy atom. The number of aromatic nitrogens is 2. The molecule has 0 spiro atoms. The highest BCUT2D eigenvalue weighted by Gasteiger charge is 2.25. The van der Waals surface area contributed by atoms with E-state index in [1.54, 1.807) is 6.33 Å². The Kier molecular flexibility index (Phi) is 4.87. The summed E-state index contributed by atoms with van der Waals surface area (Å²) >= 11 is 0. The summed E-state index contributed by atoms with van der Waals surface area (Å²) in [6.45, 7) is 6.29. The van der Waals surface area contributed by atoms with Gasteiger partial charge in [0.2, 0.25) is 0 Å². The van der Waals surface area contributed by atoms with E-state index in [-0.39, 0.29) is 0 Å². The first-order valence-electron chi connectivity index (χ1n) is 8.51. The van der Waals surface area contributed by atoms with E-state index in [1.807, 2.05) is 0 Å². The predicted molar refractivity (Wildman–Crippen MR) is 95.1 cm³/mol. The van der Waals surface area contributed by atoms with Crippen LogP contribution in [-0.4, -0.2) is 86.2 Å². The zero-order valence-corrected chi connectivity index (χ0v) is 14.6. The van der Waals surface area contributed by atoms with Crippen molar-refractivity contribution in [3.8, 4) is 0 Å². The second-order valence-electron chi connectivity index (χ2n) is 6.87. The van der Waals surface area contributed by atoms with Gasteiger partial charge < -0.3 is 25.3 Å². The molecule has 2 aliphatic rings. The molecule has 3 rings (SSSR count). The Bertz CT molecular complexity index is 519. The SMILES string of the molecule is CN1CCC(N(C)c2ncnc(N3CCN(C)CC3)c2N)CC1. The highest BCUT2D eigenvalue weighted by atomic mass is 15.3. The molecule has 0 unspecified atom stereocenters. The van der Waals surface area contributed by atoms with Gasteiger partial charge in [-0.05, 0) is 40.0 Å². The van der Waals surface area contributed by atoms with Gasteiger partial charge in [0.1, 0.15) is 12.0 Å². The van der Waals surface area contributed by atoms with Crippen LogP contribution in [0.2, 0.25) is 0 Å². The molecule has 1 aromatic heterocycles. The van der Waals surface area contributed by atoms with E-state index in [2.05, 4.69) is 50.7 Å². The first-order valence-corrected chi connectivity index (χ1v) is 8.51. The minimum Gasteiger partial charge on any atom is -0.393 e. The van der Waals surface area contributed by atoms with Crippen molar-refractivity contribution in [3.63, 3.8) is 0 Å². The average molecular weight is 319 g/mol. The number of rotatable bonds is 3. The first-order chi connectivity index (χ1) is 11.1. The van der Waals surface area contributed by atoms with Gasteiger partial charge in [-0.15, -0.1) is 0 Å². The van der Waals surface area contributed by atoms with Crippen LogP contribution >= 0.6 is 0 Å². The Hall–Kier alpha value is -1.60. The third-order valence-electron chi connectivity index (χ3n) is 5.21. The van der Waals surface area contributed by atoms with Gasteiger partial charge in [-0.1, -0.05) is 0 Å². The van der Waals surface area contributed by atoms with Crippen molar-refractivity contribution >= 4 is 17.3 Å². The maximum absolute atomic E-state index is 6.45. The van der Waals surface area contributed by atoms with Crippen molar-refractivity contribution in [2.45, 2.75) is 18.9 Å². The number of hydrogen-bond donors (Lipinski definition) is 1. The van der Waals surface area contributed by atoms with Crippen molar-refractivity contribution < 1.29 is 0 Å². The summed E-state index contributed by atoms with van der Waals surface area (Å²) in [5.41, 5.74) is 7.17. The summed E-state index contributed by atoms with van der Waals surface area (Å²) < 4.78 is 0. The van der Waals surface area contributed by atoms with Gasteiger partial charge in [-0.2, -0.15) is 0 Å². The smallest absolute Gasteiger partial charge is 0.157 e. The number of likely N-dealkylation sites (N-methyl/N-ethyl adjacent to an activating group) is 1. The van der Waals surface area contributed by atoms with Crippen molar-refractivity contribution in [1.29, 1.82) is 0 Å². The number of hydrogen-bond acceptors (Lipinski definition) is 7. The Balaban J connectivity index is 1.76. The summed E-state index contributed by atoms with van der Waals surface area (Å²) in [7, 11) is 6.45. The Morgan fingerprint density at radius 1 is 1.00 bits per heavy atom. The molecule has 2 fully saturated rings. The van der Waals surface area contributed by atoms with E-state index < -0.39 is 0 Å². The number of piperidine rings is 1. The summed E-state index contributed by atoms with van der Waals surface area (Å²) in [5, 5.41) is 0. The minimum absolute atomic E-state index is 0.503. The number of nitrogen functional groups attached to an aromatic ring is 1. The predicted octanol–water partition coefficient (Wildman–Crippen LogP) is 0.341. The number of likely N-dealkylation sites (tertiary alicyclic amines) is 1. The fraction of sp³-hybridized carbons (Fsp3) is 0.750. The fourth-order valence-corrected chi connectivity index (χ4v) is 3.48. The van der Waals surface area contributed by atoms with Gasteiger partial charge in [-0.3, -0.25) is 0 Å². The van der Waals surface area contributed by atoms with Crippen molar-refractivity contribution in [2.24, 2.45) is 0 Å². The standard InChI is InChI=1S/C16H29N7/c1-20-6-4-13(5-7-20)22(3)15-14(17)16(19-12-18-15)23-10-8-21(2)9-11-23/h12-13H,4-11,17H2,1-3H3. The third-order valence-corrected chi connectivity index (χ3v) is 5.21. The summed E-state index contributed by atoms with van der Waals surface area (Å²) in [6, 6.07) is 0.503. The molecule has 7 heteroatoms. The molecular weight excluding hydrogens is 290 g/mol. The Morgan fingerprint density at radius 2 is 1.61 bits per heavy atom. The largest absolute Gasteiger partial charge is 0.393 e. The maximum atomic E-state index is 6.45. The van der Waals surface area contributed by atoms with Crippen molar-refractivity contribution in [1.82, 2.24) is 19.8 Å². The Labute approximate surface area is 139 Å². The number of nitrogens with two attached hydrogens (primary N) is 1. The van der Waals surface area contributed by atoms with E-state index >= 15 is 0 Å². The molecule has 0 amide bonds. The van der Waals surface area contributed by atoms with Crippen molar-refractivity contribution in [2.75, 3.05) is 75.9 Å². The zero-order valence-electron chi connectivity index (χ0n) is 14.6. The summed E-state index contributed by atoms with van der Waals surface area (Å²) in [6.07, 6.45) is 3.96. The van der Waals surface area contributed by atoms with Crippen LogP contribution < -0.4 is 15.5 Å². The lowest BCUT2D eigenvalue weighted by atomic mass is 10.0. The second kappa shape index (κ2) is 6.88. The topological polar surface area (TPSA) is 64.8 Å². The fourth-order valence-electron chi connectivity index (χ4n) is 3.48. The molecule has 2 N–H and O–H groups in total. The quantitative estimate of drug-likeness (QED) is 0.862. The molecule has 0 aliphatic carbocycles. The van der Waals surface area contributed by atoms with Crippen LogP contribution in [0.3, 0.4) is 0 Å². The molecule has 0 radical (unpaired) electrons. The number of anilines is 3. The van der Waals surface area contributed by atoms with E-state index in [4.69, 9.17) is 5.73 Å². The molecule has 0 atom stereocenters. The van der Waals surface area contributed by atoms with Crippen LogP contribution in [0.4, 0.5) is 17.3 Å². The molecule has 3 heterocycles. The van der Waals surface area contributed by atoms with E-state index in [0.29, 0.717) is 6.04 Å². The van der Waals surface area contributed by atoms with E-state index in [0.717, 1.165) is 69.4 Å². The lowest BCUT2D eigenvalue weighted by molar-refractivity contribution is 0.252. The summed E-state index contributed by atoms with van der Waals surface area (Å²) in [4.78, 5) is 18.2. The van der Waals surface area contributed by atoms with Gasteiger partial charge >= 0.3 is 0 Å². The van der Waals surface area contributed by atoms with Gasteiger partial charge in [-0.25, -0.2) is 9.97 Å². The maximum Gasteiger partial charge on any atom is 0.157 e. The zero-order chi connectivity index (χ0) is 16.4. The van der Waals surface area contributed by atoms with E-state index in [1.165, 1.54) is 0 Å². The van der Waals surface area contributed by atoms with Crippen LogP contribution in [0.5, 0.6) is 0 Å². The number of piperazine rings is 1. The average Bonchev–Trinajstić information content (AvgIpc) is 2.56. The molecule has 2 saturated heterocycles. The molecule has 23 heavy (non-hydrogen) atoms. The van der Waals surface area contributed by atoms with Crippen LogP contribution in [0, 0.1) is 0 Å². The van der Waals surface area contributed by atoms with Crippen LogP contribution in [-0.2, 0) is 0 Å². The molecule has 0 aromatic carbocycles. The lowest BCUT2D eigenvalue weighted by Crippen LogP contribution is -2.45. The van der Waals surface area contributed by atoms with Crippen LogP contribution in [0.15, 0.2) is 6.33 Å². The third kappa shape index (κ3) is 3.50. The van der Waals surface area contributed by atoms with Gasteiger partial charge in [0.25, 0.3) is 0 Å². The van der Waals surface area contributed by atoms with Gasteiger partial charge in [0, 0.05) is 39.3 Å². The molecule has 0 bridgehead atoms. The normalized spacial score (nSPS) is 21.6. The molecule has 1 aromatic rings. The molecule has 2 aliphatic heterocycles. The highest BCUT2D eigenvalue weighted by Crippen LogP contribution is 2.31. The molecule has 7 nitrogen and oxygen atoms in total. The summed E-state index contributed by atoms with van der Waals surface area (Å²) in [5.74, 6) is 1.77. The van der Waals surface area contributed by atoms with Crippen molar-refractivity contribution in [3.05, 3.63) is 6.33 Å². The second-order valence-corrected chi connectivity index (χ2v) is 6.87. The molecule has 128 valence electrons. The highest BCUT2D eigenvalue weighted by molar-refractivity contribution is 5.75. The molecular formula is C16H29N7.